The standard InChI is InChI=1S/C15H17NO4/c1-3-4-5-6-11-15(20-12(2)17)13-9-7-8-10-14(13)16(18)19/h7-10,15H,3-5H2,1-2H3. The zero-order chi connectivity index (χ0) is 15.0. The smallest absolute Gasteiger partial charge is 0.304 e. The normalized spacial score (nSPS) is 11.1. The molecule has 0 fully saturated rings. The molecule has 5 heteroatoms. The number of ether oxygens (including phenoxy) is 1. The van der Waals surface area contributed by atoms with Gasteiger partial charge >= 0.3 is 5.97 Å². The molecular formula is C15H17NO4. The van der Waals surface area contributed by atoms with Crippen molar-refractivity contribution in [2.75, 3.05) is 0 Å². The van der Waals surface area contributed by atoms with E-state index in [4.69, 9.17) is 4.74 Å². The molecule has 0 saturated carbocycles. The number of nitrogens with zero attached hydrogens (tertiary/aromatic N) is 1. The highest BCUT2D eigenvalue weighted by Crippen LogP contribution is 2.27. The van der Waals surface area contributed by atoms with Crippen LogP contribution in [0.15, 0.2) is 24.3 Å². The number of hydrogen-bond acceptors (Lipinski definition) is 4. The fraction of sp³-hybridized carbons (Fsp3) is 0.400. The molecule has 0 aliphatic carbocycles. The fourth-order valence-corrected chi connectivity index (χ4v) is 1.64. The number of nitro groups is 1. The van der Waals surface area contributed by atoms with E-state index in [0.29, 0.717) is 12.0 Å². The van der Waals surface area contributed by atoms with Gasteiger partial charge in [0.15, 0.2) is 6.10 Å². The van der Waals surface area contributed by atoms with Crippen LogP contribution in [0.2, 0.25) is 0 Å². The van der Waals surface area contributed by atoms with Gasteiger partial charge in [0, 0.05) is 19.4 Å². The van der Waals surface area contributed by atoms with Crippen LogP contribution in [0.1, 0.15) is 44.8 Å². The largest absolute Gasteiger partial charge is 0.444 e. The molecule has 0 aromatic heterocycles. The van der Waals surface area contributed by atoms with Crippen molar-refractivity contribution >= 4 is 11.7 Å². The SMILES string of the molecule is CCCCC#CC(OC(C)=O)c1ccccc1[N+](=O)[O-]. The zero-order valence-electron chi connectivity index (χ0n) is 11.6. The van der Waals surface area contributed by atoms with E-state index in [2.05, 4.69) is 11.8 Å². The Morgan fingerprint density at radius 2 is 2.15 bits per heavy atom. The number of unbranched alkanes of at least 4 members (excludes halogenated alkanes) is 2. The predicted molar refractivity (Wildman–Crippen MR) is 74.9 cm³/mol. The minimum atomic E-state index is -0.897. The van der Waals surface area contributed by atoms with Crippen molar-refractivity contribution in [1.82, 2.24) is 0 Å². The van der Waals surface area contributed by atoms with E-state index < -0.39 is 17.0 Å². The van der Waals surface area contributed by atoms with Crippen LogP contribution in [0.3, 0.4) is 0 Å². The lowest BCUT2D eigenvalue weighted by molar-refractivity contribution is -0.386. The summed E-state index contributed by atoms with van der Waals surface area (Å²) in [6.07, 6.45) is 1.73. The Balaban J connectivity index is 3.06. The summed E-state index contributed by atoms with van der Waals surface area (Å²) in [4.78, 5) is 21.6. The minimum absolute atomic E-state index is 0.0939. The maximum absolute atomic E-state index is 11.1. The van der Waals surface area contributed by atoms with Crippen molar-refractivity contribution in [3.05, 3.63) is 39.9 Å². The lowest BCUT2D eigenvalue weighted by Crippen LogP contribution is -2.09. The lowest BCUT2D eigenvalue weighted by atomic mass is 10.1. The number of rotatable bonds is 5. The third-order valence-electron chi connectivity index (χ3n) is 2.59. The molecule has 0 aliphatic heterocycles. The van der Waals surface area contributed by atoms with Gasteiger partial charge in [-0.15, -0.1) is 0 Å². The van der Waals surface area contributed by atoms with Crippen molar-refractivity contribution in [2.45, 2.75) is 39.2 Å². The molecule has 1 rings (SSSR count). The molecule has 0 heterocycles. The Labute approximate surface area is 118 Å². The molecule has 1 unspecified atom stereocenters. The van der Waals surface area contributed by atoms with Gasteiger partial charge in [-0.2, -0.15) is 0 Å². The highest BCUT2D eigenvalue weighted by atomic mass is 16.6. The fourth-order valence-electron chi connectivity index (χ4n) is 1.64. The van der Waals surface area contributed by atoms with Crippen LogP contribution in [-0.2, 0) is 9.53 Å². The average Bonchev–Trinajstić information content (AvgIpc) is 2.42. The van der Waals surface area contributed by atoms with E-state index in [0.717, 1.165) is 12.8 Å². The van der Waals surface area contributed by atoms with Crippen molar-refractivity contribution in [2.24, 2.45) is 0 Å². The van der Waals surface area contributed by atoms with Gasteiger partial charge in [0.2, 0.25) is 0 Å². The number of esters is 1. The van der Waals surface area contributed by atoms with Crippen molar-refractivity contribution in [3.8, 4) is 11.8 Å². The maximum Gasteiger partial charge on any atom is 0.304 e. The molecule has 1 aromatic rings. The third-order valence-corrected chi connectivity index (χ3v) is 2.59. The monoisotopic (exact) mass is 275 g/mol. The van der Waals surface area contributed by atoms with Gasteiger partial charge < -0.3 is 4.74 Å². The van der Waals surface area contributed by atoms with Gasteiger partial charge in [0.25, 0.3) is 5.69 Å². The number of benzene rings is 1. The summed E-state index contributed by atoms with van der Waals surface area (Å²) in [6, 6.07) is 6.16. The van der Waals surface area contributed by atoms with Crippen LogP contribution in [0.5, 0.6) is 0 Å². The summed E-state index contributed by atoms with van der Waals surface area (Å²) in [6.45, 7) is 3.31. The summed E-state index contributed by atoms with van der Waals surface area (Å²) in [7, 11) is 0. The summed E-state index contributed by atoms with van der Waals surface area (Å²) < 4.78 is 5.09. The van der Waals surface area contributed by atoms with Crippen LogP contribution in [0.25, 0.3) is 0 Å². The molecular weight excluding hydrogens is 258 g/mol. The van der Waals surface area contributed by atoms with Gasteiger partial charge in [-0.3, -0.25) is 14.9 Å². The van der Waals surface area contributed by atoms with E-state index in [-0.39, 0.29) is 5.69 Å². The number of nitro benzene ring substituents is 1. The zero-order valence-corrected chi connectivity index (χ0v) is 11.6. The first-order valence-corrected chi connectivity index (χ1v) is 6.45. The van der Waals surface area contributed by atoms with Crippen molar-refractivity contribution in [3.63, 3.8) is 0 Å². The second-order valence-corrected chi connectivity index (χ2v) is 4.23. The van der Waals surface area contributed by atoms with Crippen LogP contribution in [0.4, 0.5) is 5.69 Å². The first-order chi connectivity index (χ1) is 9.56. The first-order valence-electron chi connectivity index (χ1n) is 6.45. The molecule has 0 amide bonds. The molecule has 106 valence electrons. The summed E-state index contributed by atoms with van der Waals surface area (Å²) in [5, 5.41) is 11.0. The van der Waals surface area contributed by atoms with E-state index in [9.17, 15) is 14.9 Å². The Kier molecular flexibility index (Phi) is 6.24. The van der Waals surface area contributed by atoms with Crippen LogP contribution >= 0.6 is 0 Å². The predicted octanol–water partition coefficient (Wildman–Crippen LogP) is 3.39. The summed E-state index contributed by atoms with van der Waals surface area (Å²) in [5.41, 5.74) is 0.209. The van der Waals surface area contributed by atoms with Crippen LogP contribution in [-0.4, -0.2) is 10.9 Å². The molecule has 0 aliphatic rings. The van der Waals surface area contributed by atoms with Gasteiger partial charge in [-0.25, -0.2) is 0 Å². The lowest BCUT2D eigenvalue weighted by Gasteiger charge is -2.11. The van der Waals surface area contributed by atoms with Crippen molar-refractivity contribution in [1.29, 1.82) is 0 Å². The quantitative estimate of drug-likeness (QED) is 0.271. The van der Waals surface area contributed by atoms with Gasteiger partial charge in [0.05, 0.1) is 10.5 Å². The topological polar surface area (TPSA) is 69.4 Å². The minimum Gasteiger partial charge on any atom is -0.444 e. The number of para-hydroxylation sites is 1. The Hall–Kier alpha value is -2.35. The molecule has 20 heavy (non-hydrogen) atoms. The van der Waals surface area contributed by atoms with Gasteiger partial charge in [-0.05, 0) is 12.5 Å². The Morgan fingerprint density at radius 3 is 2.75 bits per heavy atom. The second kappa shape index (κ2) is 7.95. The molecule has 0 N–H and O–H groups in total. The van der Waals surface area contributed by atoms with E-state index >= 15 is 0 Å². The van der Waals surface area contributed by atoms with E-state index in [1.165, 1.54) is 13.0 Å². The second-order valence-electron chi connectivity index (χ2n) is 4.23. The Bertz CT molecular complexity index is 542. The average molecular weight is 275 g/mol. The molecule has 1 atom stereocenters. The van der Waals surface area contributed by atoms with E-state index in [1.54, 1.807) is 18.2 Å². The molecule has 0 saturated heterocycles. The maximum atomic E-state index is 11.1. The van der Waals surface area contributed by atoms with Gasteiger partial charge in [-0.1, -0.05) is 37.3 Å². The summed E-state index contributed by atoms with van der Waals surface area (Å²) >= 11 is 0. The molecule has 0 radical (unpaired) electrons. The molecule has 5 nitrogen and oxygen atoms in total. The van der Waals surface area contributed by atoms with Crippen LogP contribution < -0.4 is 0 Å². The third kappa shape index (κ3) is 4.73. The Morgan fingerprint density at radius 1 is 1.45 bits per heavy atom. The molecule has 0 bridgehead atoms. The molecule has 0 spiro atoms. The highest BCUT2D eigenvalue weighted by Gasteiger charge is 2.22. The van der Waals surface area contributed by atoms with Crippen LogP contribution in [0, 0.1) is 22.0 Å². The van der Waals surface area contributed by atoms with E-state index in [1.807, 2.05) is 6.92 Å². The number of hydrogen-bond donors (Lipinski definition) is 0. The molecule has 1 aromatic carbocycles. The number of carbonyl (C=O) groups is 1. The highest BCUT2D eigenvalue weighted by molar-refractivity contribution is 5.67. The number of carbonyl (C=O) groups excluding carboxylic acids is 1. The first kappa shape index (κ1) is 15.7. The van der Waals surface area contributed by atoms with Crippen molar-refractivity contribution < 1.29 is 14.5 Å². The summed E-state index contributed by atoms with van der Waals surface area (Å²) in [5.74, 6) is 5.19. The van der Waals surface area contributed by atoms with Gasteiger partial charge in [0.1, 0.15) is 0 Å².